The van der Waals surface area contributed by atoms with E-state index >= 15 is 0 Å². The van der Waals surface area contributed by atoms with Gasteiger partial charge in [-0.05, 0) is 45.1 Å². The first-order valence-electron chi connectivity index (χ1n) is 6.11. The average molecular weight is 214 g/mol. The third-order valence-electron chi connectivity index (χ3n) is 3.43. The number of aliphatic hydroxyl groups excluding tert-OH is 1. The quantitative estimate of drug-likeness (QED) is 0.736. The van der Waals surface area contributed by atoms with Crippen molar-refractivity contribution in [2.45, 2.75) is 45.3 Å². The second-order valence-electron chi connectivity index (χ2n) is 5.41. The molecule has 1 saturated carbocycles. The maximum absolute atomic E-state index is 9.30. The van der Waals surface area contributed by atoms with Crippen molar-refractivity contribution in [3.05, 3.63) is 0 Å². The molecule has 1 rings (SSSR count). The van der Waals surface area contributed by atoms with Crippen LogP contribution in [0.2, 0.25) is 0 Å². The van der Waals surface area contributed by atoms with E-state index < -0.39 is 0 Å². The number of rotatable bonds is 4. The molecule has 0 aromatic carbocycles. The molecule has 4 atom stereocenters. The highest BCUT2D eigenvalue weighted by molar-refractivity contribution is 4.82. The number of hydrogen-bond donors (Lipinski definition) is 2. The van der Waals surface area contributed by atoms with Gasteiger partial charge >= 0.3 is 0 Å². The Morgan fingerprint density at radius 1 is 1.47 bits per heavy atom. The van der Waals surface area contributed by atoms with Crippen molar-refractivity contribution in [2.75, 3.05) is 20.1 Å². The average Bonchev–Trinajstić information content (AvgIpc) is 2.10. The molecule has 0 aromatic rings. The third kappa shape index (κ3) is 4.49. The van der Waals surface area contributed by atoms with E-state index in [0.29, 0.717) is 12.0 Å². The van der Waals surface area contributed by atoms with Crippen molar-refractivity contribution in [1.29, 1.82) is 0 Å². The Bertz CT molecular complexity index is 184. The summed E-state index contributed by atoms with van der Waals surface area (Å²) in [5.41, 5.74) is 6.13. The highest BCUT2D eigenvalue weighted by Crippen LogP contribution is 2.28. The van der Waals surface area contributed by atoms with Crippen molar-refractivity contribution in [3.8, 4) is 0 Å². The van der Waals surface area contributed by atoms with E-state index in [1.807, 2.05) is 6.92 Å². The van der Waals surface area contributed by atoms with Crippen molar-refractivity contribution >= 4 is 0 Å². The summed E-state index contributed by atoms with van der Waals surface area (Å²) in [5, 5.41) is 9.30. The van der Waals surface area contributed by atoms with Crippen LogP contribution in [0.25, 0.3) is 0 Å². The standard InChI is InChI=1S/C12H26N2O/c1-9-4-5-12(13)11(6-9)8-14(3)7-10(2)15/h9-12,15H,4-8,13H2,1-3H3. The number of likely N-dealkylation sites (N-methyl/N-ethyl adjacent to an activating group) is 1. The topological polar surface area (TPSA) is 49.5 Å². The minimum atomic E-state index is -0.243. The lowest BCUT2D eigenvalue weighted by Gasteiger charge is -2.35. The number of nitrogens with zero attached hydrogens (tertiary/aromatic N) is 1. The molecule has 0 bridgehead atoms. The van der Waals surface area contributed by atoms with Gasteiger partial charge in [-0.25, -0.2) is 0 Å². The molecule has 0 spiro atoms. The maximum Gasteiger partial charge on any atom is 0.0638 e. The Labute approximate surface area is 93.6 Å². The van der Waals surface area contributed by atoms with Gasteiger partial charge in [0.1, 0.15) is 0 Å². The molecule has 3 N–H and O–H groups in total. The molecule has 0 aromatic heterocycles. The number of nitrogens with two attached hydrogens (primary N) is 1. The van der Waals surface area contributed by atoms with Gasteiger partial charge in [0, 0.05) is 19.1 Å². The minimum absolute atomic E-state index is 0.243. The maximum atomic E-state index is 9.30. The molecular weight excluding hydrogens is 188 g/mol. The first-order chi connectivity index (χ1) is 6.99. The number of hydrogen-bond acceptors (Lipinski definition) is 3. The predicted octanol–water partition coefficient (Wildman–Crippen LogP) is 1.06. The van der Waals surface area contributed by atoms with Gasteiger partial charge in [0.15, 0.2) is 0 Å². The Balaban J connectivity index is 2.34. The van der Waals surface area contributed by atoms with Crippen LogP contribution in [-0.4, -0.2) is 42.3 Å². The zero-order valence-corrected chi connectivity index (χ0v) is 10.3. The van der Waals surface area contributed by atoms with Crippen LogP contribution in [0.3, 0.4) is 0 Å². The first kappa shape index (κ1) is 12.9. The molecule has 1 fully saturated rings. The third-order valence-corrected chi connectivity index (χ3v) is 3.43. The molecule has 3 nitrogen and oxygen atoms in total. The van der Waals surface area contributed by atoms with E-state index in [1.54, 1.807) is 0 Å². The highest BCUT2D eigenvalue weighted by atomic mass is 16.3. The van der Waals surface area contributed by atoms with Crippen molar-refractivity contribution in [1.82, 2.24) is 4.90 Å². The van der Waals surface area contributed by atoms with Gasteiger partial charge in [0.05, 0.1) is 6.10 Å². The molecule has 3 heteroatoms. The monoisotopic (exact) mass is 214 g/mol. The summed E-state index contributed by atoms with van der Waals surface area (Å²) in [6.07, 6.45) is 3.43. The molecule has 0 saturated heterocycles. The van der Waals surface area contributed by atoms with E-state index in [-0.39, 0.29) is 6.10 Å². The van der Waals surface area contributed by atoms with Crippen LogP contribution in [0, 0.1) is 11.8 Å². The molecule has 1 aliphatic rings. The van der Waals surface area contributed by atoms with Gasteiger partial charge in [-0.2, -0.15) is 0 Å². The fourth-order valence-electron chi connectivity index (χ4n) is 2.66. The van der Waals surface area contributed by atoms with Crippen molar-refractivity contribution in [2.24, 2.45) is 17.6 Å². The van der Waals surface area contributed by atoms with Crippen molar-refractivity contribution in [3.63, 3.8) is 0 Å². The Morgan fingerprint density at radius 3 is 2.73 bits per heavy atom. The zero-order chi connectivity index (χ0) is 11.4. The van der Waals surface area contributed by atoms with Crippen LogP contribution in [0.1, 0.15) is 33.1 Å². The van der Waals surface area contributed by atoms with E-state index in [2.05, 4.69) is 18.9 Å². The van der Waals surface area contributed by atoms with E-state index in [1.165, 1.54) is 12.8 Å². The molecule has 15 heavy (non-hydrogen) atoms. The fourth-order valence-corrected chi connectivity index (χ4v) is 2.66. The zero-order valence-electron chi connectivity index (χ0n) is 10.3. The van der Waals surface area contributed by atoms with Crippen LogP contribution >= 0.6 is 0 Å². The Hall–Kier alpha value is -0.120. The smallest absolute Gasteiger partial charge is 0.0638 e. The van der Waals surface area contributed by atoms with Crippen LogP contribution in [0.4, 0.5) is 0 Å². The second-order valence-corrected chi connectivity index (χ2v) is 5.41. The first-order valence-corrected chi connectivity index (χ1v) is 6.11. The molecule has 1 aliphatic carbocycles. The van der Waals surface area contributed by atoms with Gasteiger partial charge in [-0.3, -0.25) is 0 Å². The van der Waals surface area contributed by atoms with Gasteiger partial charge in [0.2, 0.25) is 0 Å². The van der Waals surface area contributed by atoms with Gasteiger partial charge in [-0.1, -0.05) is 6.92 Å². The summed E-state index contributed by atoms with van der Waals surface area (Å²) in [6, 6.07) is 0.359. The van der Waals surface area contributed by atoms with E-state index in [9.17, 15) is 5.11 Å². The summed E-state index contributed by atoms with van der Waals surface area (Å²) in [6.45, 7) is 5.92. The van der Waals surface area contributed by atoms with Gasteiger partial charge in [0.25, 0.3) is 0 Å². The molecular formula is C12H26N2O. The summed E-state index contributed by atoms with van der Waals surface area (Å²) in [5.74, 6) is 1.42. The normalized spacial score (nSPS) is 34.4. The lowest BCUT2D eigenvalue weighted by molar-refractivity contribution is 0.115. The number of aliphatic hydroxyl groups is 1. The molecule has 90 valence electrons. The Kier molecular flexibility index (Phi) is 5.03. The lowest BCUT2D eigenvalue weighted by Crippen LogP contribution is -2.43. The predicted molar refractivity (Wildman–Crippen MR) is 63.7 cm³/mol. The van der Waals surface area contributed by atoms with Crippen molar-refractivity contribution < 1.29 is 5.11 Å². The molecule has 0 aliphatic heterocycles. The molecule has 0 heterocycles. The highest BCUT2D eigenvalue weighted by Gasteiger charge is 2.26. The van der Waals surface area contributed by atoms with Crippen LogP contribution in [-0.2, 0) is 0 Å². The lowest BCUT2D eigenvalue weighted by atomic mass is 9.79. The van der Waals surface area contributed by atoms with Crippen LogP contribution in [0.5, 0.6) is 0 Å². The molecule has 4 unspecified atom stereocenters. The minimum Gasteiger partial charge on any atom is -0.392 e. The summed E-state index contributed by atoms with van der Waals surface area (Å²) >= 11 is 0. The SMILES string of the molecule is CC(O)CN(C)CC1CC(C)CCC1N. The van der Waals surface area contributed by atoms with E-state index in [4.69, 9.17) is 5.73 Å². The summed E-state index contributed by atoms with van der Waals surface area (Å²) < 4.78 is 0. The summed E-state index contributed by atoms with van der Waals surface area (Å²) in [7, 11) is 2.07. The van der Waals surface area contributed by atoms with Gasteiger partial charge in [-0.15, -0.1) is 0 Å². The van der Waals surface area contributed by atoms with Gasteiger partial charge < -0.3 is 15.7 Å². The van der Waals surface area contributed by atoms with Crippen LogP contribution < -0.4 is 5.73 Å². The second kappa shape index (κ2) is 5.83. The molecule has 0 amide bonds. The Morgan fingerprint density at radius 2 is 2.13 bits per heavy atom. The van der Waals surface area contributed by atoms with Crippen LogP contribution in [0.15, 0.2) is 0 Å². The summed E-state index contributed by atoms with van der Waals surface area (Å²) in [4.78, 5) is 2.20. The molecule has 0 radical (unpaired) electrons. The van der Waals surface area contributed by atoms with E-state index in [0.717, 1.165) is 25.4 Å². The largest absolute Gasteiger partial charge is 0.392 e. The fraction of sp³-hybridized carbons (Fsp3) is 1.00.